The third-order valence-electron chi connectivity index (χ3n) is 3.61. The Bertz CT molecular complexity index is 956. The first-order chi connectivity index (χ1) is 11.3. The molecule has 0 fully saturated rings. The van der Waals surface area contributed by atoms with Crippen molar-refractivity contribution in [1.29, 1.82) is 0 Å². The van der Waals surface area contributed by atoms with Crippen molar-refractivity contribution >= 4 is 28.6 Å². The maximum atomic E-state index is 6.01. The van der Waals surface area contributed by atoms with Gasteiger partial charge in [0.25, 0.3) is 0 Å². The molecule has 23 heavy (non-hydrogen) atoms. The van der Waals surface area contributed by atoms with Gasteiger partial charge in [0, 0.05) is 24.0 Å². The standard InChI is InChI=1S/C15H13ClN6S/c1-2-11-10(19-13-4-3-12(16)20-22(11)13)9-21-7-5-17-14(21)15-18-6-8-23-15/h3-8H,2,9H2,1H3. The SMILES string of the molecule is CCc1c(Cn2ccnc2-c2nccs2)nc2ccc(Cl)nn12. The number of halogens is 1. The largest absolute Gasteiger partial charge is 0.323 e. The van der Waals surface area contributed by atoms with E-state index in [-0.39, 0.29) is 0 Å². The van der Waals surface area contributed by atoms with Gasteiger partial charge in [-0.25, -0.2) is 19.5 Å². The van der Waals surface area contributed by atoms with Crippen LogP contribution in [0.25, 0.3) is 16.5 Å². The van der Waals surface area contributed by atoms with Crippen LogP contribution in [-0.4, -0.2) is 29.1 Å². The molecule has 0 amide bonds. The minimum atomic E-state index is 0.460. The number of aromatic nitrogens is 6. The molecule has 0 atom stereocenters. The zero-order valence-corrected chi connectivity index (χ0v) is 13.9. The molecule has 0 aliphatic carbocycles. The van der Waals surface area contributed by atoms with Gasteiger partial charge in [0.1, 0.15) is 5.15 Å². The predicted octanol–water partition coefficient (Wildman–Crippen LogP) is 3.31. The quantitative estimate of drug-likeness (QED) is 0.570. The van der Waals surface area contributed by atoms with Crippen molar-refractivity contribution in [1.82, 2.24) is 29.1 Å². The van der Waals surface area contributed by atoms with Gasteiger partial charge < -0.3 is 4.57 Å². The van der Waals surface area contributed by atoms with Gasteiger partial charge in [-0.05, 0) is 18.6 Å². The summed E-state index contributed by atoms with van der Waals surface area (Å²) >= 11 is 7.58. The van der Waals surface area contributed by atoms with E-state index in [0.29, 0.717) is 11.7 Å². The molecular formula is C15H13ClN6S. The number of thiazole rings is 1. The molecule has 0 aromatic carbocycles. The van der Waals surface area contributed by atoms with E-state index in [0.717, 1.165) is 34.3 Å². The maximum Gasteiger partial charge on any atom is 0.169 e. The molecule has 0 aliphatic rings. The van der Waals surface area contributed by atoms with Gasteiger partial charge in [-0.2, -0.15) is 5.10 Å². The molecule has 0 saturated carbocycles. The van der Waals surface area contributed by atoms with Gasteiger partial charge in [0.15, 0.2) is 16.5 Å². The highest BCUT2D eigenvalue weighted by atomic mass is 35.5. The fraction of sp³-hybridized carbons (Fsp3) is 0.200. The monoisotopic (exact) mass is 344 g/mol. The highest BCUT2D eigenvalue weighted by Crippen LogP contribution is 2.22. The van der Waals surface area contributed by atoms with Crippen LogP contribution in [0.3, 0.4) is 0 Å². The van der Waals surface area contributed by atoms with E-state index in [9.17, 15) is 0 Å². The van der Waals surface area contributed by atoms with Gasteiger partial charge in [-0.15, -0.1) is 11.3 Å². The molecule has 116 valence electrons. The lowest BCUT2D eigenvalue weighted by Gasteiger charge is -2.05. The van der Waals surface area contributed by atoms with Crippen LogP contribution in [0.2, 0.25) is 5.15 Å². The Morgan fingerprint density at radius 3 is 2.91 bits per heavy atom. The molecular weight excluding hydrogens is 332 g/mol. The summed E-state index contributed by atoms with van der Waals surface area (Å²) in [6.45, 7) is 2.71. The van der Waals surface area contributed by atoms with Crippen LogP contribution in [0.4, 0.5) is 0 Å². The molecule has 4 heterocycles. The first-order valence-corrected chi connectivity index (χ1v) is 8.46. The van der Waals surface area contributed by atoms with Crippen LogP contribution < -0.4 is 0 Å². The summed E-state index contributed by atoms with van der Waals surface area (Å²) in [6, 6.07) is 3.64. The molecule has 0 bridgehead atoms. The summed E-state index contributed by atoms with van der Waals surface area (Å²) in [5.41, 5.74) is 2.83. The van der Waals surface area contributed by atoms with Crippen molar-refractivity contribution < 1.29 is 0 Å². The molecule has 0 aliphatic heterocycles. The molecule has 0 spiro atoms. The lowest BCUT2D eigenvalue weighted by molar-refractivity contribution is 0.762. The summed E-state index contributed by atoms with van der Waals surface area (Å²) < 4.78 is 3.87. The Morgan fingerprint density at radius 2 is 2.13 bits per heavy atom. The number of nitrogens with zero attached hydrogens (tertiary/aromatic N) is 6. The fourth-order valence-corrected chi connectivity index (χ4v) is 3.40. The summed E-state index contributed by atoms with van der Waals surface area (Å²) in [5, 5.41) is 7.66. The van der Waals surface area contributed by atoms with Crippen molar-refractivity contribution in [3.63, 3.8) is 0 Å². The molecule has 6 nitrogen and oxygen atoms in total. The number of aryl methyl sites for hydroxylation is 1. The first-order valence-electron chi connectivity index (χ1n) is 7.20. The Kier molecular flexibility index (Phi) is 3.59. The van der Waals surface area contributed by atoms with Gasteiger partial charge in [0.2, 0.25) is 0 Å². The highest BCUT2D eigenvalue weighted by molar-refractivity contribution is 7.13. The van der Waals surface area contributed by atoms with Crippen molar-refractivity contribution in [2.24, 2.45) is 0 Å². The molecule has 4 aromatic rings. The number of rotatable bonds is 4. The smallest absolute Gasteiger partial charge is 0.169 e. The second-order valence-corrected chi connectivity index (χ2v) is 6.28. The van der Waals surface area contributed by atoms with Gasteiger partial charge >= 0.3 is 0 Å². The number of hydrogen-bond donors (Lipinski definition) is 0. The van der Waals surface area contributed by atoms with E-state index >= 15 is 0 Å². The minimum Gasteiger partial charge on any atom is -0.323 e. The number of fused-ring (bicyclic) bond motifs is 1. The Balaban J connectivity index is 1.78. The molecule has 4 rings (SSSR count). The van der Waals surface area contributed by atoms with Gasteiger partial charge in [-0.3, -0.25) is 0 Å². The van der Waals surface area contributed by atoms with E-state index in [2.05, 4.69) is 26.6 Å². The molecule has 0 saturated heterocycles. The van der Waals surface area contributed by atoms with E-state index in [4.69, 9.17) is 16.6 Å². The van der Waals surface area contributed by atoms with E-state index in [1.807, 2.05) is 22.2 Å². The summed E-state index contributed by atoms with van der Waals surface area (Å²) in [5.74, 6) is 0.852. The summed E-state index contributed by atoms with van der Waals surface area (Å²) in [6.07, 6.45) is 6.34. The third kappa shape index (κ3) is 2.51. The fourth-order valence-electron chi connectivity index (χ4n) is 2.61. The minimum absolute atomic E-state index is 0.460. The lowest BCUT2D eigenvalue weighted by Crippen LogP contribution is -2.05. The normalized spacial score (nSPS) is 11.4. The molecule has 0 N–H and O–H groups in total. The average Bonchev–Trinajstić information content (AvgIpc) is 3.25. The second-order valence-electron chi connectivity index (χ2n) is 5.00. The second kappa shape index (κ2) is 5.75. The first kappa shape index (κ1) is 14.3. The Hall–Kier alpha value is -2.25. The lowest BCUT2D eigenvalue weighted by atomic mass is 10.2. The predicted molar refractivity (Wildman–Crippen MR) is 89.8 cm³/mol. The molecule has 0 unspecified atom stereocenters. The molecule has 0 radical (unpaired) electrons. The maximum absolute atomic E-state index is 6.01. The Labute approximate surface area is 141 Å². The van der Waals surface area contributed by atoms with Crippen molar-refractivity contribution in [2.45, 2.75) is 19.9 Å². The zero-order chi connectivity index (χ0) is 15.8. The van der Waals surface area contributed by atoms with Gasteiger partial charge in [0.05, 0.1) is 17.9 Å². The van der Waals surface area contributed by atoms with Crippen LogP contribution in [0, 0.1) is 0 Å². The van der Waals surface area contributed by atoms with Crippen LogP contribution >= 0.6 is 22.9 Å². The van der Waals surface area contributed by atoms with Crippen LogP contribution in [0.15, 0.2) is 36.1 Å². The van der Waals surface area contributed by atoms with Crippen molar-refractivity contribution in [2.75, 3.05) is 0 Å². The van der Waals surface area contributed by atoms with Crippen LogP contribution in [-0.2, 0) is 13.0 Å². The van der Waals surface area contributed by atoms with Crippen molar-refractivity contribution in [3.05, 3.63) is 52.6 Å². The zero-order valence-electron chi connectivity index (χ0n) is 12.3. The van der Waals surface area contributed by atoms with E-state index in [1.165, 1.54) is 0 Å². The van der Waals surface area contributed by atoms with Crippen LogP contribution in [0.5, 0.6) is 0 Å². The average molecular weight is 345 g/mol. The topological polar surface area (TPSA) is 60.9 Å². The van der Waals surface area contributed by atoms with Crippen molar-refractivity contribution in [3.8, 4) is 10.8 Å². The third-order valence-corrected chi connectivity index (χ3v) is 4.59. The van der Waals surface area contributed by atoms with Crippen LogP contribution in [0.1, 0.15) is 18.3 Å². The number of imidazole rings is 2. The number of hydrogen-bond acceptors (Lipinski definition) is 5. The summed E-state index contributed by atoms with van der Waals surface area (Å²) in [4.78, 5) is 13.5. The van der Waals surface area contributed by atoms with E-state index in [1.54, 1.807) is 29.8 Å². The Morgan fingerprint density at radius 1 is 1.22 bits per heavy atom. The summed E-state index contributed by atoms with van der Waals surface area (Å²) in [7, 11) is 0. The van der Waals surface area contributed by atoms with Gasteiger partial charge in [-0.1, -0.05) is 18.5 Å². The van der Waals surface area contributed by atoms with E-state index < -0.39 is 0 Å². The molecule has 8 heteroatoms. The highest BCUT2D eigenvalue weighted by Gasteiger charge is 2.15. The molecule has 4 aromatic heterocycles.